The van der Waals surface area contributed by atoms with Crippen LogP contribution in [0.3, 0.4) is 0 Å². The lowest BCUT2D eigenvalue weighted by atomic mass is 9.88. The zero-order chi connectivity index (χ0) is 19.1. The van der Waals surface area contributed by atoms with Gasteiger partial charge in [-0.25, -0.2) is 4.79 Å². The summed E-state index contributed by atoms with van der Waals surface area (Å²) in [6.07, 6.45) is 2.44. The van der Waals surface area contributed by atoms with Crippen molar-refractivity contribution in [3.05, 3.63) is 83.9 Å². The molecule has 0 radical (unpaired) electrons. The topological polar surface area (TPSA) is 71.8 Å². The van der Waals surface area contributed by atoms with Crippen LogP contribution in [0, 0.1) is 0 Å². The molecule has 0 saturated carbocycles. The van der Waals surface area contributed by atoms with Crippen LogP contribution in [0.1, 0.15) is 42.3 Å². The third-order valence-corrected chi connectivity index (χ3v) is 4.60. The monoisotopic (exact) mass is 363 g/mol. The first-order chi connectivity index (χ1) is 13.1. The molecule has 1 aromatic heterocycles. The van der Waals surface area contributed by atoms with Crippen molar-refractivity contribution in [3.63, 3.8) is 0 Å². The van der Waals surface area contributed by atoms with Gasteiger partial charge in [0.15, 0.2) is 5.82 Å². The number of carbonyl (C=O) groups excluding carboxylic acids is 1. The molecule has 1 atom stereocenters. The van der Waals surface area contributed by atoms with E-state index in [4.69, 9.17) is 0 Å². The highest BCUT2D eigenvalue weighted by molar-refractivity contribution is 5.74. The van der Waals surface area contributed by atoms with Crippen LogP contribution in [0.4, 0.5) is 4.79 Å². The van der Waals surface area contributed by atoms with Gasteiger partial charge >= 0.3 is 6.03 Å². The highest BCUT2D eigenvalue weighted by Crippen LogP contribution is 2.27. The van der Waals surface area contributed by atoms with Crippen LogP contribution in [0.2, 0.25) is 0 Å². The van der Waals surface area contributed by atoms with Gasteiger partial charge in [0.2, 0.25) is 0 Å². The fourth-order valence-corrected chi connectivity index (χ4v) is 3.22. The molecule has 140 valence electrons. The molecule has 6 heteroatoms. The van der Waals surface area contributed by atoms with Gasteiger partial charge in [-0.2, -0.15) is 0 Å². The second kappa shape index (κ2) is 8.98. The first kappa shape index (κ1) is 18.6. The van der Waals surface area contributed by atoms with Gasteiger partial charge in [-0.1, -0.05) is 60.7 Å². The molecule has 2 N–H and O–H groups in total. The van der Waals surface area contributed by atoms with Gasteiger partial charge in [0, 0.05) is 19.5 Å². The number of carbonyl (C=O) groups is 1. The van der Waals surface area contributed by atoms with E-state index in [0.717, 1.165) is 12.2 Å². The summed E-state index contributed by atoms with van der Waals surface area (Å²) in [4.78, 5) is 12.2. The number of rotatable bonds is 7. The molecular formula is C21H25N5O. The summed E-state index contributed by atoms with van der Waals surface area (Å²) in [7, 11) is 1.86. The van der Waals surface area contributed by atoms with Crippen molar-refractivity contribution >= 4 is 6.03 Å². The summed E-state index contributed by atoms with van der Waals surface area (Å²) < 4.78 is 1.80. The molecule has 2 amide bonds. The first-order valence-corrected chi connectivity index (χ1v) is 9.13. The fourth-order valence-electron chi connectivity index (χ4n) is 3.22. The maximum absolute atomic E-state index is 12.2. The van der Waals surface area contributed by atoms with Gasteiger partial charge in [-0.05, 0) is 24.5 Å². The number of amides is 2. The predicted octanol–water partition coefficient (Wildman–Crippen LogP) is 3.40. The molecule has 1 unspecified atom stereocenters. The van der Waals surface area contributed by atoms with Crippen LogP contribution < -0.4 is 10.6 Å². The minimum atomic E-state index is -0.212. The van der Waals surface area contributed by atoms with E-state index < -0.39 is 0 Å². The normalized spacial score (nSPS) is 12.0. The van der Waals surface area contributed by atoms with Crippen molar-refractivity contribution in [1.29, 1.82) is 0 Å². The Hall–Kier alpha value is -3.15. The molecule has 2 aromatic carbocycles. The van der Waals surface area contributed by atoms with Gasteiger partial charge in [0.25, 0.3) is 0 Å². The predicted molar refractivity (Wildman–Crippen MR) is 105 cm³/mol. The van der Waals surface area contributed by atoms with Crippen molar-refractivity contribution < 1.29 is 4.79 Å². The number of nitrogens with zero attached hydrogens (tertiary/aromatic N) is 3. The number of nitrogens with one attached hydrogen (secondary N) is 2. The van der Waals surface area contributed by atoms with Crippen molar-refractivity contribution in [2.24, 2.45) is 7.05 Å². The molecule has 0 aliphatic rings. The molecule has 0 saturated heterocycles. The Labute approximate surface area is 159 Å². The Morgan fingerprint density at radius 1 is 1.04 bits per heavy atom. The smallest absolute Gasteiger partial charge is 0.315 e. The number of hydrogen-bond acceptors (Lipinski definition) is 3. The average molecular weight is 363 g/mol. The van der Waals surface area contributed by atoms with E-state index in [0.29, 0.717) is 6.54 Å². The molecule has 27 heavy (non-hydrogen) atoms. The minimum Gasteiger partial charge on any atom is -0.338 e. The lowest BCUT2D eigenvalue weighted by molar-refractivity contribution is 0.237. The van der Waals surface area contributed by atoms with Crippen molar-refractivity contribution in [2.75, 3.05) is 6.54 Å². The largest absolute Gasteiger partial charge is 0.338 e. The van der Waals surface area contributed by atoms with Crippen LogP contribution in [-0.4, -0.2) is 27.3 Å². The van der Waals surface area contributed by atoms with Gasteiger partial charge in [-0.15, -0.1) is 10.2 Å². The Kier molecular flexibility index (Phi) is 6.20. The Morgan fingerprint density at radius 3 is 2.15 bits per heavy atom. The fraction of sp³-hybridized carbons (Fsp3) is 0.286. The van der Waals surface area contributed by atoms with E-state index in [9.17, 15) is 4.79 Å². The Bertz CT molecular complexity index is 808. The van der Waals surface area contributed by atoms with Crippen molar-refractivity contribution in [3.8, 4) is 0 Å². The van der Waals surface area contributed by atoms with E-state index in [1.54, 1.807) is 10.9 Å². The van der Waals surface area contributed by atoms with Crippen LogP contribution in [0.25, 0.3) is 0 Å². The molecule has 0 bridgehead atoms. The van der Waals surface area contributed by atoms with Gasteiger partial charge < -0.3 is 15.2 Å². The van der Waals surface area contributed by atoms with Crippen molar-refractivity contribution in [2.45, 2.75) is 25.3 Å². The summed E-state index contributed by atoms with van der Waals surface area (Å²) in [5, 5.41) is 13.7. The molecule has 3 rings (SSSR count). The molecule has 6 nitrogen and oxygen atoms in total. The maximum Gasteiger partial charge on any atom is 0.315 e. The third-order valence-electron chi connectivity index (χ3n) is 4.60. The minimum absolute atomic E-state index is 0.203. The van der Waals surface area contributed by atoms with E-state index >= 15 is 0 Å². The molecule has 3 aromatic rings. The summed E-state index contributed by atoms with van der Waals surface area (Å²) in [5.74, 6) is 0.959. The zero-order valence-corrected chi connectivity index (χ0v) is 15.7. The number of aromatic nitrogens is 3. The number of benzene rings is 2. The van der Waals surface area contributed by atoms with Gasteiger partial charge in [0.1, 0.15) is 6.33 Å². The average Bonchev–Trinajstić information content (AvgIpc) is 3.13. The SMILES string of the molecule is CC(NC(=O)NCCC(c1ccccc1)c1ccccc1)c1nncn1C. The molecular weight excluding hydrogens is 338 g/mol. The van der Waals surface area contributed by atoms with Crippen LogP contribution >= 0.6 is 0 Å². The maximum atomic E-state index is 12.2. The second-order valence-corrected chi connectivity index (χ2v) is 6.58. The highest BCUT2D eigenvalue weighted by atomic mass is 16.2. The lowest BCUT2D eigenvalue weighted by Gasteiger charge is -2.19. The van der Waals surface area contributed by atoms with Crippen LogP contribution in [-0.2, 0) is 7.05 Å². The number of aryl methyl sites for hydroxylation is 1. The summed E-state index contributed by atoms with van der Waals surface area (Å²) >= 11 is 0. The molecule has 0 fully saturated rings. The van der Waals surface area contributed by atoms with E-state index in [2.05, 4.69) is 45.1 Å². The van der Waals surface area contributed by atoms with Crippen LogP contribution in [0.5, 0.6) is 0 Å². The summed E-state index contributed by atoms with van der Waals surface area (Å²) in [5.41, 5.74) is 2.50. The van der Waals surface area contributed by atoms with E-state index in [-0.39, 0.29) is 18.0 Å². The highest BCUT2D eigenvalue weighted by Gasteiger charge is 2.16. The molecule has 1 heterocycles. The molecule has 0 aliphatic carbocycles. The quantitative estimate of drug-likeness (QED) is 0.676. The van der Waals surface area contributed by atoms with Gasteiger partial charge in [-0.3, -0.25) is 0 Å². The standard InChI is InChI=1S/C21H25N5O/c1-16(20-25-23-15-26(20)2)24-21(27)22-14-13-19(17-9-5-3-6-10-17)18-11-7-4-8-12-18/h3-12,15-16,19H,13-14H2,1-2H3,(H2,22,24,27). The second-order valence-electron chi connectivity index (χ2n) is 6.58. The Morgan fingerprint density at radius 2 is 1.63 bits per heavy atom. The van der Waals surface area contributed by atoms with E-state index in [1.165, 1.54) is 11.1 Å². The van der Waals surface area contributed by atoms with Gasteiger partial charge in [0.05, 0.1) is 6.04 Å². The molecule has 0 aliphatic heterocycles. The third kappa shape index (κ3) is 4.94. The van der Waals surface area contributed by atoms with E-state index in [1.807, 2.05) is 50.4 Å². The molecule has 0 spiro atoms. The first-order valence-electron chi connectivity index (χ1n) is 9.13. The van der Waals surface area contributed by atoms with Crippen LogP contribution in [0.15, 0.2) is 67.0 Å². The summed E-state index contributed by atoms with van der Waals surface area (Å²) in [6.45, 7) is 2.46. The zero-order valence-electron chi connectivity index (χ0n) is 15.7. The van der Waals surface area contributed by atoms with Crippen molar-refractivity contribution in [1.82, 2.24) is 25.4 Å². The lowest BCUT2D eigenvalue weighted by Crippen LogP contribution is -2.38. The number of urea groups is 1. The number of hydrogen-bond donors (Lipinski definition) is 2. The summed E-state index contributed by atoms with van der Waals surface area (Å²) in [6, 6.07) is 20.4. The Balaban J connectivity index is 1.58.